The van der Waals surface area contributed by atoms with Crippen molar-refractivity contribution in [3.05, 3.63) is 29.3 Å². The van der Waals surface area contributed by atoms with Gasteiger partial charge < -0.3 is 10.6 Å². The Morgan fingerprint density at radius 2 is 1.85 bits per heavy atom. The predicted octanol–water partition coefficient (Wildman–Crippen LogP) is 2.36. The standard InChI is InChI=1S/C10H15ClN2/c1-12-7-2-8-13-10-5-3-9(11)4-6-10/h3-6,12-13H,2,7-8H2,1H3. The van der Waals surface area contributed by atoms with E-state index in [2.05, 4.69) is 10.6 Å². The zero-order valence-corrected chi connectivity index (χ0v) is 8.56. The van der Waals surface area contributed by atoms with Crippen molar-refractivity contribution in [3.8, 4) is 0 Å². The number of nitrogens with one attached hydrogen (secondary N) is 2. The highest BCUT2D eigenvalue weighted by Gasteiger charge is 1.90. The molecule has 1 aromatic rings. The molecule has 0 amide bonds. The van der Waals surface area contributed by atoms with Crippen molar-refractivity contribution >= 4 is 17.3 Å². The maximum atomic E-state index is 5.76. The summed E-state index contributed by atoms with van der Waals surface area (Å²) in [5.74, 6) is 0. The van der Waals surface area contributed by atoms with Crippen LogP contribution in [0.25, 0.3) is 0 Å². The van der Waals surface area contributed by atoms with Crippen LogP contribution in [0.5, 0.6) is 0 Å². The lowest BCUT2D eigenvalue weighted by Gasteiger charge is -2.05. The molecule has 0 aliphatic carbocycles. The normalized spacial score (nSPS) is 10.0. The van der Waals surface area contributed by atoms with Crippen LogP contribution in [0.3, 0.4) is 0 Å². The number of hydrogen-bond acceptors (Lipinski definition) is 2. The van der Waals surface area contributed by atoms with Crippen LogP contribution in [0, 0.1) is 0 Å². The van der Waals surface area contributed by atoms with Crippen molar-refractivity contribution in [2.75, 3.05) is 25.5 Å². The van der Waals surface area contributed by atoms with Gasteiger partial charge in [-0.2, -0.15) is 0 Å². The molecule has 1 rings (SSSR count). The molecule has 0 aliphatic heterocycles. The second kappa shape index (κ2) is 5.84. The Labute approximate surface area is 84.3 Å². The van der Waals surface area contributed by atoms with Gasteiger partial charge in [-0.1, -0.05) is 11.6 Å². The second-order valence-electron chi connectivity index (χ2n) is 2.89. The smallest absolute Gasteiger partial charge is 0.0407 e. The lowest BCUT2D eigenvalue weighted by Crippen LogP contribution is -2.12. The van der Waals surface area contributed by atoms with Gasteiger partial charge >= 0.3 is 0 Å². The summed E-state index contributed by atoms with van der Waals surface area (Å²) in [6, 6.07) is 7.76. The number of halogens is 1. The first-order valence-electron chi connectivity index (χ1n) is 4.47. The maximum Gasteiger partial charge on any atom is 0.0407 e. The third-order valence-corrected chi connectivity index (χ3v) is 2.03. The summed E-state index contributed by atoms with van der Waals surface area (Å²) in [5, 5.41) is 7.19. The van der Waals surface area contributed by atoms with E-state index in [4.69, 9.17) is 11.6 Å². The van der Waals surface area contributed by atoms with Crippen molar-refractivity contribution < 1.29 is 0 Å². The topological polar surface area (TPSA) is 24.1 Å². The molecule has 0 heterocycles. The molecule has 72 valence electrons. The van der Waals surface area contributed by atoms with E-state index >= 15 is 0 Å². The third kappa shape index (κ3) is 4.15. The molecule has 13 heavy (non-hydrogen) atoms. The first-order valence-corrected chi connectivity index (χ1v) is 4.85. The summed E-state index contributed by atoms with van der Waals surface area (Å²) >= 11 is 5.76. The Kier molecular flexibility index (Phi) is 4.65. The molecule has 0 unspecified atom stereocenters. The number of rotatable bonds is 5. The highest BCUT2D eigenvalue weighted by Crippen LogP contribution is 2.12. The van der Waals surface area contributed by atoms with Gasteiger partial charge in [-0.25, -0.2) is 0 Å². The van der Waals surface area contributed by atoms with E-state index in [1.54, 1.807) is 0 Å². The Morgan fingerprint density at radius 3 is 2.46 bits per heavy atom. The lowest BCUT2D eigenvalue weighted by molar-refractivity contribution is 0.748. The molecule has 3 heteroatoms. The average Bonchev–Trinajstić information content (AvgIpc) is 2.15. The summed E-state index contributed by atoms with van der Waals surface area (Å²) in [5.41, 5.74) is 1.13. The molecule has 0 aliphatic rings. The summed E-state index contributed by atoms with van der Waals surface area (Å²) in [6.07, 6.45) is 1.12. The van der Waals surface area contributed by atoms with Crippen LogP contribution in [-0.4, -0.2) is 20.1 Å². The van der Waals surface area contributed by atoms with E-state index in [9.17, 15) is 0 Å². The summed E-state index contributed by atoms with van der Waals surface area (Å²) in [4.78, 5) is 0. The van der Waals surface area contributed by atoms with Gasteiger partial charge in [0.2, 0.25) is 0 Å². The fraction of sp³-hybridized carbons (Fsp3) is 0.400. The van der Waals surface area contributed by atoms with Crippen LogP contribution in [0.15, 0.2) is 24.3 Å². The average molecular weight is 199 g/mol. The Hall–Kier alpha value is -0.730. The molecule has 0 radical (unpaired) electrons. The van der Waals surface area contributed by atoms with Gasteiger partial charge in [0.1, 0.15) is 0 Å². The quantitative estimate of drug-likeness (QED) is 0.710. The van der Waals surface area contributed by atoms with Crippen LogP contribution in [-0.2, 0) is 0 Å². The van der Waals surface area contributed by atoms with Crippen LogP contribution in [0.1, 0.15) is 6.42 Å². The number of hydrogen-bond donors (Lipinski definition) is 2. The molecular formula is C10H15ClN2. The first-order chi connectivity index (χ1) is 6.33. The molecule has 0 saturated heterocycles. The monoisotopic (exact) mass is 198 g/mol. The van der Waals surface area contributed by atoms with Crippen molar-refractivity contribution in [3.63, 3.8) is 0 Å². The van der Waals surface area contributed by atoms with Gasteiger partial charge in [0.05, 0.1) is 0 Å². The van der Waals surface area contributed by atoms with Gasteiger partial charge in [0.25, 0.3) is 0 Å². The molecule has 1 aromatic carbocycles. The molecule has 2 N–H and O–H groups in total. The van der Waals surface area contributed by atoms with E-state index in [0.717, 1.165) is 30.2 Å². The van der Waals surface area contributed by atoms with Crippen LogP contribution < -0.4 is 10.6 Å². The van der Waals surface area contributed by atoms with E-state index < -0.39 is 0 Å². The van der Waals surface area contributed by atoms with E-state index in [0.29, 0.717) is 0 Å². The fourth-order valence-electron chi connectivity index (χ4n) is 1.07. The Bertz CT molecular complexity index is 233. The lowest BCUT2D eigenvalue weighted by atomic mass is 10.3. The van der Waals surface area contributed by atoms with Gasteiger partial charge in [0.15, 0.2) is 0 Å². The highest BCUT2D eigenvalue weighted by molar-refractivity contribution is 6.30. The summed E-state index contributed by atoms with van der Waals surface area (Å²) in [7, 11) is 1.96. The predicted molar refractivity (Wildman–Crippen MR) is 58.5 cm³/mol. The maximum absolute atomic E-state index is 5.76. The van der Waals surface area contributed by atoms with Crippen LogP contribution >= 0.6 is 11.6 Å². The minimum Gasteiger partial charge on any atom is -0.385 e. The molecule has 2 nitrogen and oxygen atoms in total. The highest BCUT2D eigenvalue weighted by atomic mass is 35.5. The molecule has 0 saturated carbocycles. The largest absolute Gasteiger partial charge is 0.385 e. The van der Waals surface area contributed by atoms with E-state index in [1.165, 1.54) is 0 Å². The molecule has 0 spiro atoms. The molecule has 0 bridgehead atoms. The zero-order chi connectivity index (χ0) is 9.52. The van der Waals surface area contributed by atoms with Gasteiger partial charge in [-0.15, -0.1) is 0 Å². The third-order valence-electron chi connectivity index (χ3n) is 1.78. The van der Waals surface area contributed by atoms with Gasteiger partial charge in [-0.3, -0.25) is 0 Å². The Morgan fingerprint density at radius 1 is 1.15 bits per heavy atom. The summed E-state index contributed by atoms with van der Waals surface area (Å²) < 4.78 is 0. The number of benzene rings is 1. The zero-order valence-electron chi connectivity index (χ0n) is 7.81. The van der Waals surface area contributed by atoms with Crippen molar-refractivity contribution in [2.45, 2.75) is 6.42 Å². The van der Waals surface area contributed by atoms with Crippen molar-refractivity contribution in [1.29, 1.82) is 0 Å². The van der Waals surface area contributed by atoms with Gasteiger partial charge in [0, 0.05) is 17.3 Å². The van der Waals surface area contributed by atoms with E-state index in [1.807, 2.05) is 31.3 Å². The molecular weight excluding hydrogens is 184 g/mol. The SMILES string of the molecule is CNCCCNc1ccc(Cl)cc1. The van der Waals surface area contributed by atoms with Gasteiger partial charge in [-0.05, 0) is 44.3 Å². The second-order valence-corrected chi connectivity index (χ2v) is 3.33. The molecule has 0 aromatic heterocycles. The fourth-order valence-corrected chi connectivity index (χ4v) is 1.19. The first kappa shape index (κ1) is 10.4. The Balaban J connectivity index is 2.25. The van der Waals surface area contributed by atoms with Crippen LogP contribution in [0.2, 0.25) is 5.02 Å². The minimum atomic E-state index is 0.778. The number of anilines is 1. The molecule has 0 atom stereocenters. The minimum absolute atomic E-state index is 0.778. The summed E-state index contributed by atoms with van der Waals surface area (Å²) in [6.45, 7) is 2.03. The van der Waals surface area contributed by atoms with Crippen molar-refractivity contribution in [1.82, 2.24) is 5.32 Å². The van der Waals surface area contributed by atoms with Crippen LogP contribution in [0.4, 0.5) is 5.69 Å². The van der Waals surface area contributed by atoms with Crippen molar-refractivity contribution in [2.24, 2.45) is 0 Å². The molecule has 0 fully saturated rings. The van der Waals surface area contributed by atoms with E-state index in [-0.39, 0.29) is 0 Å².